The molecule has 0 aliphatic heterocycles. The molecule has 3 heteroatoms. The van der Waals surface area contributed by atoms with E-state index >= 15 is 0 Å². The van der Waals surface area contributed by atoms with Crippen LogP contribution >= 0.6 is 22.6 Å². The van der Waals surface area contributed by atoms with E-state index < -0.39 is 0 Å². The second-order valence-corrected chi connectivity index (χ2v) is 4.14. The van der Waals surface area contributed by atoms with E-state index in [-0.39, 0.29) is 5.82 Å². The molecule has 14 heavy (non-hydrogen) atoms. The van der Waals surface area contributed by atoms with Crippen molar-refractivity contribution >= 4 is 28.3 Å². The lowest BCUT2D eigenvalue weighted by atomic mass is 10.3. The van der Waals surface area contributed by atoms with E-state index in [2.05, 4.69) is 34.5 Å². The normalized spacial score (nSPS) is 9.86. The number of hydrogen-bond acceptors (Lipinski definition) is 1. The van der Waals surface area contributed by atoms with Gasteiger partial charge in [0.1, 0.15) is 5.82 Å². The van der Waals surface area contributed by atoms with Crippen molar-refractivity contribution in [3.63, 3.8) is 0 Å². The third-order valence-corrected chi connectivity index (χ3v) is 2.72. The summed E-state index contributed by atoms with van der Waals surface area (Å²) in [5.74, 6) is -0.189. The molecule has 0 fully saturated rings. The molecule has 0 amide bonds. The van der Waals surface area contributed by atoms with Gasteiger partial charge in [-0.05, 0) is 53.6 Å². The first-order valence-electron chi connectivity index (χ1n) is 4.54. The van der Waals surface area contributed by atoms with Crippen LogP contribution < -0.4 is 5.32 Å². The van der Waals surface area contributed by atoms with Crippen LogP contribution in [0.25, 0.3) is 0 Å². The van der Waals surface area contributed by atoms with Gasteiger partial charge in [0.05, 0.1) is 0 Å². The molecule has 0 bridgehead atoms. The largest absolute Gasteiger partial charge is 0.384 e. The van der Waals surface area contributed by atoms with Gasteiger partial charge in [0.25, 0.3) is 0 Å². The van der Waals surface area contributed by atoms with E-state index in [1.807, 2.05) is 6.08 Å². The monoisotopic (exact) mass is 305 g/mol. The minimum absolute atomic E-state index is 0.189. The molecule has 1 nitrogen and oxygen atoms in total. The molecule has 1 aromatic carbocycles. The molecule has 0 aliphatic rings. The van der Waals surface area contributed by atoms with Crippen LogP contribution in [0.15, 0.2) is 30.9 Å². The number of hydrogen-bond donors (Lipinski definition) is 1. The summed E-state index contributed by atoms with van der Waals surface area (Å²) in [5.41, 5.74) is 0.996. The van der Waals surface area contributed by atoms with Crippen LogP contribution in [0, 0.1) is 9.39 Å². The second kappa shape index (κ2) is 6.01. The summed E-state index contributed by atoms with van der Waals surface area (Å²) < 4.78 is 13.7. The molecule has 1 aromatic rings. The van der Waals surface area contributed by atoms with Crippen LogP contribution in [-0.2, 0) is 0 Å². The molecule has 76 valence electrons. The minimum atomic E-state index is -0.189. The molecule has 0 heterocycles. The van der Waals surface area contributed by atoms with Crippen molar-refractivity contribution in [3.8, 4) is 0 Å². The molecule has 0 saturated carbocycles. The van der Waals surface area contributed by atoms with Crippen molar-refractivity contribution in [2.75, 3.05) is 11.9 Å². The zero-order valence-corrected chi connectivity index (χ0v) is 10.1. The summed E-state index contributed by atoms with van der Waals surface area (Å²) in [6.45, 7) is 4.55. The first-order valence-corrected chi connectivity index (χ1v) is 5.61. The van der Waals surface area contributed by atoms with Gasteiger partial charge in [-0.15, -0.1) is 6.58 Å². The van der Waals surface area contributed by atoms with Gasteiger partial charge in [-0.25, -0.2) is 4.39 Å². The topological polar surface area (TPSA) is 12.0 Å². The van der Waals surface area contributed by atoms with Crippen molar-refractivity contribution in [2.45, 2.75) is 12.8 Å². The van der Waals surface area contributed by atoms with E-state index in [0.29, 0.717) is 0 Å². The predicted molar refractivity (Wildman–Crippen MR) is 67.0 cm³/mol. The van der Waals surface area contributed by atoms with Crippen LogP contribution in [0.4, 0.5) is 10.1 Å². The molecule has 0 atom stereocenters. The van der Waals surface area contributed by atoms with Gasteiger partial charge in [0.2, 0.25) is 0 Å². The summed E-state index contributed by atoms with van der Waals surface area (Å²) in [6.07, 6.45) is 3.96. The maximum atomic E-state index is 12.7. The summed E-state index contributed by atoms with van der Waals surface area (Å²) in [5, 5.41) is 3.25. The van der Waals surface area contributed by atoms with E-state index in [9.17, 15) is 4.39 Å². The van der Waals surface area contributed by atoms with Crippen molar-refractivity contribution in [3.05, 3.63) is 40.2 Å². The average molecular weight is 305 g/mol. The third kappa shape index (κ3) is 3.65. The van der Waals surface area contributed by atoms with E-state index in [0.717, 1.165) is 28.6 Å². The lowest BCUT2D eigenvalue weighted by Gasteiger charge is -2.07. The van der Waals surface area contributed by atoms with Crippen LogP contribution in [0.1, 0.15) is 12.8 Å². The zero-order valence-electron chi connectivity index (χ0n) is 7.89. The van der Waals surface area contributed by atoms with Gasteiger partial charge >= 0.3 is 0 Å². The highest BCUT2D eigenvalue weighted by Crippen LogP contribution is 2.18. The highest BCUT2D eigenvalue weighted by molar-refractivity contribution is 14.1. The van der Waals surface area contributed by atoms with Gasteiger partial charge in [0, 0.05) is 15.8 Å². The Morgan fingerprint density at radius 2 is 2.29 bits per heavy atom. The van der Waals surface area contributed by atoms with Gasteiger partial charge in [-0.2, -0.15) is 0 Å². The second-order valence-electron chi connectivity index (χ2n) is 2.98. The van der Waals surface area contributed by atoms with Gasteiger partial charge in [-0.1, -0.05) is 6.08 Å². The lowest BCUT2D eigenvalue weighted by Crippen LogP contribution is -2.02. The number of allylic oxidation sites excluding steroid dienone is 1. The maximum Gasteiger partial charge on any atom is 0.124 e. The van der Waals surface area contributed by atoms with Crippen molar-refractivity contribution in [2.24, 2.45) is 0 Å². The molecule has 1 N–H and O–H groups in total. The SMILES string of the molecule is C=CCCCNc1ccc(F)cc1I. The smallest absolute Gasteiger partial charge is 0.124 e. The Kier molecular flexibility index (Phi) is 4.93. The Balaban J connectivity index is 2.46. The van der Waals surface area contributed by atoms with Crippen molar-refractivity contribution in [1.82, 2.24) is 0 Å². The number of nitrogens with one attached hydrogen (secondary N) is 1. The van der Waals surface area contributed by atoms with Crippen molar-refractivity contribution in [1.29, 1.82) is 0 Å². The van der Waals surface area contributed by atoms with Gasteiger partial charge in [-0.3, -0.25) is 0 Å². The van der Waals surface area contributed by atoms with E-state index in [4.69, 9.17) is 0 Å². The van der Waals surface area contributed by atoms with Gasteiger partial charge in [0.15, 0.2) is 0 Å². The number of anilines is 1. The molecule has 0 saturated heterocycles. The lowest BCUT2D eigenvalue weighted by molar-refractivity contribution is 0.627. The molecule has 0 aromatic heterocycles. The summed E-state index contributed by atoms with van der Waals surface area (Å²) >= 11 is 2.12. The number of benzene rings is 1. The van der Waals surface area contributed by atoms with Crippen LogP contribution in [0.3, 0.4) is 0 Å². The average Bonchev–Trinajstić information content (AvgIpc) is 2.15. The fraction of sp³-hybridized carbons (Fsp3) is 0.273. The Hall–Kier alpha value is -0.580. The van der Waals surface area contributed by atoms with Crippen LogP contribution in [0.5, 0.6) is 0 Å². The zero-order chi connectivity index (χ0) is 10.4. The number of halogens is 2. The summed E-state index contributed by atoms with van der Waals surface area (Å²) in [6, 6.07) is 4.76. The fourth-order valence-corrected chi connectivity index (χ4v) is 1.77. The molecule has 0 unspecified atom stereocenters. The Morgan fingerprint density at radius 1 is 1.50 bits per heavy atom. The van der Waals surface area contributed by atoms with Gasteiger partial charge < -0.3 is 5.32 Å². The summed E-state index contributed by atoms with van der Waals surface area (Å²) in [7, 11) is 0. The highest BCUT2D eigenvalue weighted by Gasteiger charge is 1.99. The molecule has 0 aliphatic carbocycles. The summed E-state index contributed by atoms with van der Waals surface area (Å²) in [4.78, 5) is 0. The molecular weight excluding hydrogens is 292 g/mol. The molecular formula is C11H13FIN. The molecule has 0 radical (unpaired) electrons. The first kappa shape index (κ1) is 11.5. The molecule has 0 spiro atoms. The standard InChI is InChI=1S/C11H13FIN/c1-2-3-4-7-14-11-6-5-9(12)8-10(11)13/h2,5-6,8,14H,1,3-4,7H2. The predicted octanol–water partition coefficient (Wildman–Crippen LogP) is 3.81. The quantitative estimate of drug-likeness (QED) is 0.495. The van der Waals surface area contributed by atoms with Crippen LogP contribution in [0.2, 0.25) is 0 Å². The fourth-order valence-electron chi connectivity index (χ4n) is 1.10. The van der Waals surface area contributed by atoms with E-state index in [1.165, 1.54) is 12.1 Å². The maximum absolute atomic E-state index is 12.7. The minimum Gasteiger partial charge on any atom is -0.384 e. The first-order chi connectivity index (χ1) is 6.74. The van der Waals surface area contributed by atoms with Crippen LogP contribution in [-0.4, -0.2) is 6.54 Å². The highest BCUT2D eigenvalue weighted by atomic mass is 127. The third-order valence-electron chi connectivity index (χ3n) is 1.83. The van der Waals surface area contributed by atoms with Crippen molar-refractivity contribution < 1.29 is 4.39 Å². The Bertz CT molecular complexity index is 312. The Labute approximate surface area is 97.5 Å². The molecule has 1 rings (SSSR count). The Morgan fingerprint density at radius 3 is 2.93 bits per heavy atom. The number of rotatable bonds is 5. The number of unbranched alkanes of at least 4 members (excludes halogenated alkanes) is 1. The van der Waals surface area contributed by atoms with E-state index in [1.54, 1.807) is 6.07 Å².